The topological polar surface area (TPSA) is 61.9 Å². The first-order valence-corrected chi connectivity index (χ1v) is 4.34. The molecule has 0 aliphatic heterocycles. The minimum atomic E-state index is -0.135. The van der Waals surface area contributed by atoms with Gasteiger partial charge < -0.3 is 4.90 Å². The molecule has 0 fully saturated rings. The third-order valence-electron chi connectivity index (χ3n) is 1.56. The maximum Gasteiger partial charge on any atom is 0.237 e. The van der Waals surface area contributed by atoms with E-state index in [1.54, 1.807) is 14.0 Å². The van der Waals surface area contributed by atoms with Gasteiger partial charge in [-0.1, -0.05) is 0 Å². The summed E-state index contributed by atoms with van der Waals surface area (Å²) in [4.78, 5) is 16.6. The SMILES string of the molecule is Cc1nc(CN(C)C(=O)CCl)n[nH]1. The molecule has 0 atom stereocenters. The van der Waals surface area contributed by atoms with Gasteiger partial charge in [0, 0.05) is 7.05 Å². The number of rotatable bonds is 3. The van der Waals surface area contributed by atoms with Crippen molar-refractivity contribution in [1.82, 2.24) is 20.1 Å². The van der Waals surface area contributed by atoms with E-state index in [0.717, 1.165) is 5.82 Å². The average molecular weight is 203 g/mol. The van der Waals surface area contributed by atoms with Crippen LogP contribution in [0.3, 0.4) is 0 Å². The zero-order valence-electron chi connectivity index (χ0n) is 7.54. The van der Waals surface area contributed by atoms with Crippen molar-refractivity contribution in [3.8, 4) is 0 Å². The van der Waals surface area contributed by atoms with Crippen LogP contribution in [-0.4, -0.2) is 38.9 Å². The van der Waals surface area contributed by atoms with E-state index in [1.165, 1.54) is 4.90 Å². The molecule has 0 aliphatic rings. The Balaban J connectivity index is 2.54. The quantitative estimate of drug-likeness (QED) is 0.718. The van der Waals surface area contributed by atoms with E-state index in [-0.39, 0.29) is 11.8 Å². The molecule has 1 amide bonds. The number of nitrogens with zero attached hydrogens (tertiary/aromatic N) is 3. The number of aromatic nitrogens is 3. The van der Waals surface area contributed by atoms with Crippen LogP contribution in [0.25, 0.3) is 0 Å². The van der Waals surface area contributed by atoms with Gasteiger partial charge >= 0.3 is 0 Å². The van der Waals surface area contributed by atoms with Crippen LogP contribution in [0.15, 0.2) is 0 Å². The highest BCUT2D eigenvalue weighted by Gasteiger charge is 2.09. The second-order valence-electron chi connectivity index (χ2n) is 2.72. The number of carbonyl (C=O) groups excluding carboxylic acids is 1. The van der Waals surface area contributed by atoms with Crippen molar-refractivity contribution < 1.29 is 4.79 Å². The van der Waals surface area contributed by atoms with Gasteiger partial charge in [0.2, 0.25) is 5.91 Å². The molecule has 1 aromatic rings. The first kappa shape index (κ1) is 9.98. The highest BCUT2D eigenvalue weighted by molar-refractivity contribution is 6.27. The summed E-state index contributed by atoms with van der Waals surface area (Å²) in [7, 11) is 1.66. The molecule has 0 aliphatic carbocycles. The van der Waals surface area contributed by atoms with Crippen molar-refractivity contribution in [1.29, 1.82) is 0 Å². The Kier molecular flexibility index (Phi) is 3.25. The number of carbonyl (C=O) groups is 1. The van der Waals surface area contributed by atoms with Crippen molar-refractivity contribution in [2.24, 2.45) is 0 Å². The molecule has 0 saturated heterocycles. The third-order valence-corrected chi connectivity index (χ3v) is 1.79. The van der Waals surface area contributed by atoms with Gasteiger partial charge in [0.1, 0.15) is 11.7 Å². The Morgan fingerprint density at radius 1 is 1.69 bits per heavy atom. The molecule has 0 saturated carbocycles. The van der Waals surface area contributed by atoms with Crippen LogP contribution in [0.1, 0.15) is 11.6 Å². The van der Waals surface area contributed by atoms with Gasteiger partial charge in [-0.15, -0.1) is 11.6 Å². The average Bonchev–Trinajstić information content (AvgIpc) is 2.49. The van der Waals surface area contributed by atoms with Crippen molar-refractivity contribution in [2.45, 2.75) is 13.5 Å². The number of amides is 1. The predicted molar refractivity (Wildman–Crippen MR) is 48.3 cm³/mol. The number of aryl methyl sites for hydroxylation is 1. The highest BCUT2D eigenvalue weighted by Crippen LogP contribution is 1.97. The molecule has 0 unspecified atom stereocenters. The van der Waals surface area contributed by atoms with Crippen LogP contribution in [-0.2, 0) is 11.3 Å². The normalized spacial score (nSPS) is 10.1. The maximum atomic E-state index is 11.1. The largest absolute Gasteiger partial charge is 0.337 e. The zero-order valence-corrected chi connectivity index (χ0v) is 8.30. The first-order chi connectivity index (χ1) is 6.13. The van der Waals surface area contributed by atoms with E-state index >= 15 is 0 Å². The van der Waals surface area contributed by atoms with Crippen LogP contribution in [0.4, 0.5) is 0 Å². The number of aromatic amines is 1. The summed E-state index contributed by atoms with van der Waals surface area (Å²) in [6.45, 7) is 2.19. The monoisotopic (exact) mass is 202 g/mol. The Hall–Kier alpha value is -1.10. The molecule has 0 spiro atoms. The van der Waals surface area contributed by atoms with Crippen LogP contribution in [0.5, 0.6) is 0 Å². The standard InChI is InChI=1S/C7H11ClN4O/c1-5-9-6(11-10-5)4-12(2)7(13)3-8/h3-4H2,1-2H3,(H,9,10,11). The van der Waals surface area contributed by atoms with E-state index in [1.807, 2.05) is 0 Å². The van der Waals surface area contributed by atoms with E-state index in [4.69, 9.17) is 11.6 Å². The Labute approximate surface area is 81.1 Å². The highest BCUT2D eigenvalue weighted by atomic mass is 35.5. The van der Waals surface area contributed by atoms with Crippen LogP contribution in [0, 0.1) is 6.92 Å². The summed E-state index contributed by atoms with van der Waals surface area (Å²) >= 11 is 5.38. The molecule has 13 heavy (non-hydrogen) atoms. The van der Waals surface area contributed by atoms with Crippen molar-refractivity contribution in [3.05, 3.63) is 11.6 Å². The van der Waals surface area contributed by atoms with E-state index in [9.17, 15) is 4.79 Å². The molecule has 0 aromatic carbocycles. The van der Waals surface area contributed by atoms with Gasteiger partial charge in [-0.2, -0.15) is 5.10 Å². The van der Waals surface area contributed by atoms with E-state index < -0.39 is 0 Å². The van der Waals surface area contributed by atoms with Crippen molar-refractivity contribution >= 4 is 17.5 Å². The second kappa shape index (κ2) is 4.23. The summed E-state index contributed by atoms with van der Waals surface area (Å²) in [6.07, 6.45) is 0. The van der Waals surface area contributed by atoms with Crippen LogP contribution < -0.4 is 0 Å². The lowest BCUT2D eigenvalue weighted by atomic mass is 10.5. The number of nitrogens with one attached hydrogen (secondary N) is 1. The fraction of sp³-hybridized carbons (Fsp3) is 0.571. The Morgan fingerprint density at radius 3 is 2.85 bits per heavy atom. The fourth-order valence-electron chi connectivity index (χ4n) is 0.862. The second-order valence-corrected chi connectivity index (χ2v) is 2.99. The van der Waals surface area contributed by atoms with Gasteiger partial charge in [-0.3, -0.25) is 9.89 Å². The molecule has 1 heterocycles. The summed E-state index contributed by atoms with van der Waals surface area (Å²) < 4.78 is 0. The van der Waals surface area contributed by atoms with Gasteiger partial charge in [-0.25, -0.2) is 4.98 Å². The molecule has 5 nitrogen and oxygen atoms in total. The number of hydrogen-bond donors (Lipinski definition) is 1. The van der Waals surface area contributed by atoms with Gasteiger partial charge in [0.15, 0.2) is 5.82 Å². The minimum Gasteiger partial charge on any atom is -0.337 e. The summed E-state index contributed by atoms with van der Waals surface area (Å²) in [5.74, 6) is 1.18. The smallest absolute Gasteiger partial charge is 0.237 e. The van der Waals surface area contributed by atoms with Gasteiger partial charge in [-0.05, 0) is 6.92 Å². The zero-order chi connectivity index (χ0) is 9.84. The van der Waals surface area contributed by atoms with Crippen molar-refractivity contribution in [2.75, 3.05) is 12.9 Å². The van der Waals surface area contributed by atoms with E-state index in [2.05, 4.69) is 15.2 Å². The van der Waals surface area contributed by atoms with Gasteiger partial charge in [0.25, 0.3) is 0 Å². The number of hydrogen-bond acceptors (Lipinski definition) is 3. The van der Waals surface area contributed by atoms with Crippen LogP contribution >= 0.6 is 11.6 Å². The summed E-state index contributed by atoms with van der Waals surface area (Å²) in [5, 5.41) is 6.60. The van der Waals surface area contributed by atoms with Crippen LogP contribution in [0.2, 0.25) is 0 Å². The Morgan fingerprint density at radius 2 is 2.38 bits per heavy atom. The molecule has 0 radical (unpaired) electrons. The lowest BCUT2D eigenvalue weighted by Gasteiger charge is -2.12. The van der Waals surface area contributed by atoms with Crippen molar-refractivity contribution in [3.63, 3.8) is 0 Å². The third kappa shape index (κ3) is 2.69. The summed E-state index contributed by atoms with van der Waals surface area (Å²) in [5.41, 5.74) is 0. The number of alkyl halides is 1. The molecule has 0 bridgehead atoms. The molecule has 1 N–H and O–H groups in total. The fourth-order valence-corrected chi connectivity index (χ4v) is 1.07. The van der Waals surface area contributed by atoms with Gasteiger partial charge in [0.05, 0.1) is 6.54 Å². The maximum absolute atomic E-state index is 11.1. The number of halogens is 1. The predicted octanol–water partition coefficient (Wildman–Crippen LogP) is 0.310. The molecule has 1 aromatic heterocycles. The lowest BCUT2D eigenvalue weighted by molar-refractivity contribution is -0.127. The number of H-pyrrole nitrogens is 1. The molecule has 1 rings (SSSR count). The molecule has 6 heteroatoms. The lowest BCUT2D eigenvalue weighted by Crippen LogP contribution is -2.27. The first-order valence-electron chi connectivity index (χ1n) is 3.81. The molecular formula is C7H11ClN4O. The molecule has 72 valence electrons. The molecular weight excluding hydrogens is 192 g/mol. The summed E-state index contributed by atoms with van der Waals surface area (Å²) in [6, 6.07) is 0. The van der Waals surface area contributed by atoms with E-state index in [0.29, 0.717) is 12.4 Å². The Bertz CT molecular complexity index is 298. The minimum absolute atomic E-state index is 0.0140.